The van der Waals surface area contributed by atoms with Gasteiger partial charge in [0.2, 0.25) is 0 Å². The molecule has 0 saturated carbocycles. The molecule has 1 amide bonds. The van der Waals surface area contributed by atoms with Crippen molar-refractivity contribution in [2.24, 2.45) is 5.92 Å². The number of carbonyl (C=O) groups is 1. The minimum Gasteiger partial charge on any atom is -0.383 e. The van der Waals surface area contributed by atoms with Crippen LogP contribution in [0.3, 0.4) is 0 Å². The number of nitrogen functional groups attached to an aromatic ring is 1. The Kier molecular flexibility index (Phi) is 6.92. The molecule has 2 aromatic heterocycles. The molecule has 2 rings (SSSR count). The molecule has 0 bridgehead atoms. The Morgan fingerprint density at radius 3 is 2.70 bits per heavy atom. The van der Waals surface area contributed by atoms with Crippen LogP contribution in [0.2, 0.25) is 0 Å². The van der Waals surface area contributed by atoms with E-state index in [1.165, 1.54) is 15.7 Å². The Hall–Kier alpha value is -2.90. The van der Waals surface area contributed by atoms with Gasteiger partial charge in [-0.05, 0) is 30.9 Å². The van der Waals surface area contributed by atoms with Gasteiger partial charge in [0.05, 0.1) is 5.56 Å². The second-order valence-corrected chi connectivity index (χ2v) is 6.88. The van der Waals surface area contributed by atoms with Crippen LogP contribution in [-0.4, -0.2) is 27.0 Å². The number of nitrogens with zero attached hydrogens (tertiary/aromatic N) is 3. The molecule has 0 fully saturated rings. The van der Waals surface area contributed by atoms with Gasteiger partial charge in [-0.15, -0.1) is 0 Å². The van der Waals surface area contributed by atoms with Crippen molar-refractivity contribution in [3.8, 4) is 0 Å². The first kappa shape index (κ1) is 20.4. The average molecular weight is 373 g/mol. The van der Waals surface area contributed by atoms with Gasteiger partial charge in [-0.25, -0.2) is 4.79 Å². The average Bonchev–Trinajstić information content (AvgIpc) is 2.64. The lowest BCUT2D eigenvalue weighted by Crippen LogP contribution is -2.42. The zero-order chi connectivity index (χ0) is 20.0. The molecular formula is C19H27N5O3. The lowest BCUT2D eigenvalue weighted by Gasteiger charge is -2.25. The molecule has 0 spiro atoms. The van der Waals surface area contributed by atoms with E-state index in [1.54, 1.807) is 18.3 Å². The topological polar surface area (TPSA) is 114 Å². The van der Waals surface area contributed by atoms with Gasteiger partial charge in [0.25, 0.3) is 11.5 Å². The molecule has 2 heterocycles. The number of pyridine rings is 1. The van der Waals surface area contributed by atoms with E-state index in [2.05, 4.69) is 9.97 Å². The second-order valence-electron chi connectivity index (χ2n) is 6.88. The number of H-pyrrole nitrogens is 1. The summed E-state index contributed by atoms with van der Waals surface area (Å²) in [5, 5.41) is 0. The van der Waals surface area contributed by atoms with E-state index >= 15 is 0 Å². The number of nitrogens with two attached hydrogens (primary N) is 1. The molecule has 0 aliphatic carbocycles. The maximum atomic E-state index is 13.1. The maximum Gasteiger partial charge on any atom is 0.330 e. The highest BCUT2D eigenvalue weighted by Gasteiger charge is 2.25. The van der Waals surface area contributed by atoms with E-state index in [-0.39, 0.29) is 17.4 Å². The molecule has 3 N–H and O–H groups in total. The van der Waals surface area contributed by atoms with Crippen LogP contribution in [0.5, 0.6) is 0 Å². The molecule has 0 unspecified atom stereocenters. The van der Waals surface area contributed by atoms with Crippen LogP contribution in [0.25, 0.3) is 0 Å². The number of amides is 1. The molecule has 27 heavy (non-hydrogen) atoms. The first-order valence-electron chi connectivity index (χ1n) is 9.21. The predicted octanol–water partition coefficient (Wildman–Crippen LogP) is 2.01. The van der Waals surface area contributed by atoms with E-state index in [1.807, 2.05) is 20.8 Å². The van der Waals surface area contributed by atoms with Crippen molar-refractivity contribution in [1.82, 2.24) is 14.5 Å². The van der Waals surface area contributed by atoms with Gasteiger partial charge in [0.1, 0.15) is 5.82 Å². The Balaban J connectivity index is 2.56. The third-order valence-electron chi connectivity index (χ3n) is 4.30. The SMILES string of the molecule is CCCCn1c(N)c(N(CCC(C)C)C(=O)c2cccnc2)c(=O)[nH]c1=O. The summed E-state index contributed by atoms with van der Waals surface area (Å²) in [5.41, 5.74) is 5.33. The third kappa shape index (κ3) is 4.84. The highest BCUT2D eigenvalue weighted by atomic mass is 16.2. The molecule has 0 aliphatic heterocycles. The van der Waals surface area contributed by atoms with E-state index in [0.717, 1.165) is 12.8 Å². The van der Waals surface area contributed by atoms with E-state index in [9.17, 15) is 14.4 Å². The first-order chi connectivity index (χ1) is 12.9. The normalized spacial score (nSPS) is 11.0. The van der Waals surface area contributed by atoms with Crippen LogP contribution in [0.4, 0.5) is 11.5 Å². The minimum atomic E-state index is -0.661. The lowest BCUT2D eigenvalue weighted by molar-refractivity contribution is 0.0985. The lowest BCUT2D eigenvalue weighted by atomic mass is 10.1. The number of hydrogen-bond donors (Lipinski definition) is 2. The van der Waals surface area contributed by atoms with Crippen LogP contribution in [-0.2, 0) is 6.54 Å². The number of carbonyl (C=O) groups excluding carboxylic acids is 1. The summed E-state index contributed by atoms with van der Waals surface area (Å²) in [4.78, 5) is 45.4. The van der Waals surface area contributed by atoms with E-state index < -0.39 is 11.2 Å². The summed E-state index contributed by atoms with van der Waals surface area (Å²) >= 11 is 0. The summed E-state index contributed by atoms with van der Waals surface area (Å²) < 4.78 is 1.32. The number of rotatable bonds is 8. The van der Waals surface area contributed by atoms with Crippen molar-refractivity contribution in [1.29, 1.82) is 0 Å². The van der Waals surface area contributed by atoms with Gasteiger partial charge in [-0.1, -0.05) is 27.2 Å². The fraction of sp³-hybridized carbons (Fsp3) is 0.474. The second kappa shape index (κ2) is 9.16. The molecule has 0 saturated heterocycles. The van der Waals surface area contributed by atoms with Crippen molar-refractivity contribution in [2.75, 3.05) is 17.2 Å². The molecule has 8 heteroatoms. The zero-order valence-corrected chi connectivity index (χ0v) is 16.1. The summed E-state index contributed by atoms with van der Waals surface area (Å²) in [7, 11) is 0. The van der Waals surface area contributed by atoms with E-state index in [4.69, 9.17) is 5.73 Å². The van der Waals surface area contributed by atoms with Gasteiger partial charge in [-0.3, -0.25) is 24.1 Å². The smallest absolute Gasteiger partial charge is 0.330 e. The molecule has 8 nitrogen and oxygen atoms in total. The van der Waals surface area contributed by atoms with Gasteiger partial charge < -0.3 is 10.6 Å². The number of aromatic nitrogens is 3. The highest BCUT2D eigenvalue weighted by molar-refractivity contribution is 6.07. The summed E-state index contributed by atoms with van der Waals surface area (Å²) in [6, 6.07) is 3.29. The standard InChI is InChI=1S/C19H27N5O3/c1-4-5-10-24-16(20)15(17(25)22-19(24)27)23(11-8-13(2)3)18(26)14-7-6-9-21-12-14/h6-7,9,12-13H,4-5,8,10-11,20H2,1-3H3,(H,22,25,27). The van der Waals surface area contributed by atoms with Crippen molar-refractivity contribution in [2.45, 2.75) is 46.6 Å². The van der Waals surface area contributed by atoms with Crippen LogP contribution < -0.4 is 21.9 Å². The quantitative estimate of drug-likeness (QED) is 0.734. The van der Waals surface area contributed by atoms with E-state index in [0.29, 0.717) is 31.0 Å². The summed E-state index contributed by atoms with van der Waals surface area (Å²) in [6.45, 7) is 6.74. The Morgan fingerprint density at radius 1 is 1.37 bits per heavy atom. The fourth-order valence-electron chi connectivity index (χ4n) is 2.72. The fourth-order valence-corrected chi connectivity index (χ4v) is 2.72. The minimum absolute atomic E-state index is 0.0122. The number of aromatic amines is 1. The van der Waals surface area contributed by atoms with Gasteiger partial charge in [0.15, 0.2) is 5.69 Å². The molecule has 0 radical (unpaired) electrons. The molecule has 0 aromatic carbocycles. The van der Waals surface area contributed by atoms with Gasteiger partial charge in [0, 0.05) is 25.5 Å². The van der Waals surface area contributed by atoms with Crippen LogP contribution in [0.15, 0.2) is 34.1 Å². The Morgan fingerprint density at radius 2 is 2.11 bits per heavy atom. The van der Waals surface area contributed by atoms with Crippen molar-refractivity contribution >= 4 is 17.4 Å². The molecular weight excluding hydrogens is 346 g/mol. The summed E-state index contributed by atoms with van der Waals surface area (Å²) in [6.07, 6.45) is 5.30. The number of unbranched alkanes of at least 4 members (excludes halogenated alkanes) is 1. The van der Waals surface area contributed by atoms with Crippen molar-refractivity contribution < 1.29 is 4.79 Å². The van der Waals surface area contributed by atoms with Gasteiger partial charge >= 0.3 is 5.69 Å². The van der Waals surface area contributed by atoms with Crippen molar-refractivity contribution in [3.63, 3.8) is 0 Å². The Labute approximate surface area is 158 Å². The monoisotopic (exact) mass is 373 g/mol. The maximum absolute atomic E-state index is 13.1. The predicted molar refractivity (Wildman–Crippen MR) is 106 cm³/mol. The number of anilines is 2. The van der Waals surface area contributed by atoms with Crippen LogP contribution in [0.1, 0.15) is 50.4 Å². The largest absolute Gasteiger partial charge is 0.383 e. The zero-order valence-electron chi connectivity index (χ0n) is 16.1. The van der Waals surface area contributed by atoms with Crippen LogP contribution >= 0.6 is 0 Å². The number of hydrogen-bond acceptors (Lipinski definition) is 5. The van der Waals surface area contributed by atoms with Crippen LogP contribution in [0, 0.1) is 5.92 Å². The Bertz CT molecular complexity index is 886. The number of nitrogens with one attached hydrogen (secondary N) is 1. The molecule has 0 atom stereocenters. The molecule has 2 aromatic rings. The third-order valence-corrected chi connectivity index (χ3v) is 4.30. The molecule has 0 aliphatic rings. The highest BCUT2D eigenvalue weighted by Crippen LogP contribution is 2.21. The first-order valence-corrected chi connectivity index (χ1v) is 9.21. The van der Waals surface area contributed by atoms with Crippen molar-refractivity contribution in [3.05, 3.63) is 50.9 Å². The van der Waals surface area contributed by atoms with Gasteiger partial charge in [-0.2, -0.15) is 0 Å². The summed E-state index contributed by atoms with van der Waals surface area (Å²) in [5.74, 6) is -0.0414. The molecule has 146 valence electrons.